The minimum atomic E-state index is -3.13. The van der Waals surface area contributed by atoms with Gasteiger partial charge in [-0.15, -0.1) is 0 Å². The molecule has 10 heteroatoms. The standard InChI is InChI=1S/C19H21Cl2N3O4S/c20-12-7-15-18(16(21)8-12)22-11-23(19(15)26)9-17(25)24(13-3-1-2-4-13)14-5-6-29(27,28)10-14/h7-8,11,13-14H,1-6,9-10H2. The minimum Gasteiger partial charge on any atom is -0.334 e. The summed E-state index contributed by atoms with van der Waals surface area (Å²) >= 11 is 12.1. The number of aromatic nitrogens is 2. The van der Waals surface area contributed by atoms with Gasteiger partial charge in [-0.1, -0.05) is 36.0 Å². The second-order valence-corrected chi connectivity index (χ2v) is 10.8. The number of fused-ring (bicyclic) bond motifs is 1. The van der Waals surface area contributed by atoms with Crippen molar-refractivity contribution in [3.05, 3.63) is 38.9 Å². The normalized spacial score (nSPS) is 21.7. The zero-order chi connectivity index (χ0) is 20.8. The SMILES string of the molecule is O=C(Cn1cnc2c(Cl)cc(Cl)cc2c1=O)N(C1CCCC1)C1CCS(=O)(=O)C1. The smallest absolute Gasteiger partial charge is 0.261 e. The van der Waals surface area contributed by atoms with E-state index in [0.29, 0.717) is 17.0 Å². The average molecular weight is 458 g/mol. The molecule has 2 aliphatic rings. The summed E-state index contributed by atoms with van der Waals surface area (Å²) in [5.41, 5.74) is -0.0718. The zero-order valence-electron chi connectivity index (χ0n) is 15.7. The van der Waals surface area contributed by atoms with Crippen molar-refractivity contribution < 1.29 is 13.2 Å². The molecule has 0 bridgehead atoms. The maximum atomic E-state index is 13.2. The van der Waals surface area contributed by atoms with E-state index in [1.165, 1.54) is 23.0 Å². The lowest BCUT2D eigenvalue weighted by Gasteiger charge is -2.34. The first-order valence-corrected chi connectivity index (χ1v) is 12.2. The van der Waals surface area contributed by atoms with Crippen LogP contribution in [0, 0.1) is 0 Å². The van der Waals surface area contributed by atoms with E-state index in [2.05, 4.69) is 4.98 Å². The average Bonchev–Trinajstić information content (AvgIpc) is 3.28. The molecule has 2 fully saturated rings. The van der Waals surface area contributed by atoms with Gasteiger partial charge in [0.1, 0.15) is 6.54 Å². The van der Waals surface area contributed by atoms with Crippen LogP contribution in [-0.2, 0) is 21.2 Å². The lowest BCUT2D eigenvalue weighted by molar-refractivity contribution is -0.136. The van der Waals surface area contributed by atoms with Crippen LogP contribution >= 0.6 is 23.2 Å². The number of nitrogens with zero attached hydrogens (tertiary/aromatic N) is 3. The number of amides is 1. The summed E-state index contributed by atoms with van der Waals surface area (Å²) < 4.78 is 25.2. The summed E-state index contributed by atoms with van der Waals surface area (Å²) in [7, 11) is -3.13. The van der Waals surface area contributed by atoms with Gasteiger partial charge in [0.2, 0.25) is 5.91 Å². The summed E-state index contributed by atoms with van der Waals surface area (Å²) in [6.07, 6.45) is 5.50. The van der Waals surface area contributed by atoms with E-state index in [9.17, 15) is 18.0 Å². The third-order valence-electron chi connectivity index (χ3n) is 5.76. The van der Waals surface area contributed by atoms with Crippen LogP contribution in [0.2, 0.25) is 10.0 Å². The van der Waals surface area contributed by atoms with Crippen molar-refractivity contribution in [1.82, 2.24) is 14.5 Å². The Labute approximate surface area is 178 Å². The minimum absolute atomic E-state index is 0.00861. The Hall–Kier alpha value is -1.64. The fourth-order valence-electron chi connectivity index (χ4n) is 4.42. The number of halogens is 2. The summed E-state index contributed by atoms with van der Waals surface area (Å²) in [4.78, 5) is 32.0. The number of benzene rings is 1. The number of hydrogen-bond donors (Lipinski definition) is 0. The maximum Gasteiger partial charge on any atom is 0.261 e. The van der Waals surface area contributed by atoms with Gasteiger partial charge in [0, 0.05) is 17.1 Å². The molecule has 2 heterocycles. The lowest BCUT2D eigenvalue weighted by atomic mass is 10.1. The molecule has 7 nitrogen and oxygen atoms in total. The van der Waals surface area contributed by atoms with E-state index < -0.39 is 15.4 Å². The topological polar surface area (TPSA) is 89.3 Å². The van der Waals surface area contributed by atoms with Crippen LogP contribution in [0.3, 0.4) is 0 Å². The maximum absolute atomic E-state index is 13.2. The van der Waals surface area contributed by atoms with Gasteiger partial charge in [0.15, 0.2) is 9.84 Å². The zero-order valence-corrected chi connectivity index (χ0v) is 18.0. The summed E-state index contributed by atoms with van der Waals surface area (Å²) in [5.74, 6) is -0.163. The molecule has 1 aliphatic heterocycles. The van der Waals surface area contributed by atoms with Crippen LogP contribution in [0.15, 0.2) is 23.3 Å². The molecule has 1 amide bonds. The third kappa shape index (κ3) is 4.15. The second kappa shape index (κ2) is 7.89. The molecule has 1 atom stereocenters. The molecule has 2 aromatic rings. The van der Waals surface area contributed by atoms with Gasteiger partial charge in [-0.05, 0) is 31.4 Å². The van der Waals surface area contributed by atoms with Crippen molar-refractivity contribution in [1.29, 1.82) is 0 Å². The van der Waals surface area contributed by atoms with Gasteiger partial charge in [0.25, 0.3) is 5.56 Å². The Morgan fingerprint density at radius 1 is 1.17 bits per heavy atom. The molecule has 29 heavy (non-hydrogen) atoms. The fraction of sp³-hybridized carbons (Fsp3) is 0.526. The van der Waals surface area contributed by atoms with Crippen LogP contribution in [0.4, 0.5) is 0 Å². The van der Waals surface area contributed by atoms with Crippen molar-refractivity contribution >= 4 is 49.8 Å². The van der Waals surface area contributed by atoms with Gasteiger partial charge in [-0.2, -0.15) is 0 Å². The Kier molecular flexibility index (Phi) is 5.61. The van der Waals surface area contributed by atoms with E-state index in [1.54, 1.807) is 4.90 Å². The Balaban J connectivity index is 1.65. The molecule has 4 rings (SSSR count). The monoisotopic (exact) mass is 457 g/mol. The molecule has 0 radical (unpaired) electrons. The molecule has 1 aromatic carbocycles. The van der Waals surface area contributed by atoms with Crippen molar-refractivity contribution in [2.75, 3.05) is 11.5 Å². The number of hydrogen-bond acceptors (Lipinski definition) is 5. The Bertz CT molecular complexity index is 1130. The van der Waals surface area contributed by atoms with Crippen molar-refractivity contribution in [2.45, 2.75) is 50.7 Å². The number of carbonyl (C=O) groups excluding carboxylic acids is 1. The van der Waals surface area contributed by atoms with Crippen molar-refractivity contribution in [2.24, 2.45) is 0 Å². The molecule has 1 aliphatic carbocycles. The Morgan fingerprint density at radius 3 is 2.55 bits per heavy atom. The number of sulfone groups is 1. The van der Waals surface area contributed by atoms with Gasteiger partial charge in [-0.3, -0.25) is 14.2 Å². The van der Waals surface area contributed by atoms with Crippen LogP contribution in [0.1, 0.15) is 32.1 Å². The Morgan fingerprint density at radius 2 is 1.90 bits per heavy atom. The highest BCUT2D eigenvalue weighted by atomic mass is 35.5. The molecule has 1 saturated carbocycles. The highest BCUT2D eigenvalue weighted by molar-refractivity contribution is 7.91. The number of carbonyl (C=O) groups is 1. The first-order valence-electron chi connectivity index (χ1n) is 9.61. The van der Waals surface area contributed by atoms with Gasteiger partial charge >= 0.3 is 0 Å². The van der Waals surface area contributed by atoms with E-state index in [-0.39, 0.29) is 46.5 Å². The first kappa shape index (κ1) is 20.6. The van der Waals surface area contributed by atoms with Crippen LogP contribution in [-0.4, -0.2) is 52.4 Å². The first-order chi connectivity index (χ1) is 13.7. The molecule has 0 N–H and O–H groups in total. The largest absolute Gasteiger partial charge is 0.334 e. The van der Waals surface area contributed by atoms with Crippen molar-refractivity contribution in [3.8, 4) is 0 Å². The van der Waals surface area contributed by atoms with Crippen LogP contribution in [0.25, 0.3) is 10.9 Å². The van der Waals surface area contributed by atoms with E-state index in [0.717, 1.165) is 25.7 Å². The molecular weight excluding hydrogens is 437 g/mol. The molecule has 0 spiro atoms. The van der Waals surface area contributed by atoms with Crippen LogP contribution < -0.4 is 5.56 Å². The predicted octanol–water partition coefficient (Wildman–Crippen LogP) is 2.66. The highest BCUT2D eigenvalue weighted by Crippen LogP contribution is 2.29. The summed E-state index contributed by atoms with van der Waals surface area (Å²) in [5, 5.41) is 0.828. The van der Waals surface area contributed by atoms with Crippen molar-refractivity contribution in [3.63, 3.8) is 0 Å². The molecule has 156 valence electrons. The van der Waals surface area contributed by atoms with Gasteiger partial charge < -0.3 is 4.90 Å². The number of rotatable bonds is 4. The van der Waals surface area contributed by atoms with Gasteiger partial charge in [0.05, 0.1) is 33.8 Å². The molecule has 1 unspecified atom stereocenters. The quantitative estimate of drug-likeness (QED) is 0.703. The highest BCUT2D eigenvalue weighted by Gasteiger charge is 2.39. The fourth-order valence-corrected chi connectivity index (χ4v) is 6.67. The second-order valence-electron chi connectivity index (χ2n) is 7.76. The molecule has 1 saturated heterocycles. The van der Waals surface area contributed by atoms with Crippen LogP contribution in [0.5, 0.6) is 0 Å². The van der Waals surface area contributed by atoms with Gasteiger partial charge in [-0.25, -0.2) is 13.4 Å². The van der Waals surface area contributed by atoms with E-state index in [4.69, 9.17) is 23.2 Å². The molecular formula is C19H21Cl2N3O4S. The van der Waals surface area contributed by atoms with E-state index in [1.807, 2.05) is 0 Å². The predicted molar refractivity (Wildman–Crippen MR) is 112 cm³/mol. The van der Waals surface area contributed by atoms with E-state index >= 15 is 0 Å². The summed E-state index contributed by atoms with van der Waals surface area (Å²) in [6.45, 7) is -0.195. The third-order valence-corrected chi connectivity index (χ3v) is 8.02. The lowest BCUT2D eigenvalue weighted by Crippen LogP contribution is -2.49. The summed E-state index contributed by atoms with van der Waals surface area (Å²) in [6, 6.07) is 2.69. The molecule has 1 aromatic heterocycles.